The predicted molar refractivity (Wildman–Crippen MR) is 68.7 cm³/mol. The van der Waals surface area contributed by atoms with Crippen LogP contribution < -0.4 is 5.32 Å². The van der Waals surface area contributed by atoms with Gasteiger partial charge >= 0.3 is 0 Å². The Morgan fingerprint density at radius 1 is 1.35 bits per heavy atom. The molecule has 0 aromatic heterocycles. The summed E-state index contributed by atoms with van der Waals surface area (Å²) in [5, 5.41) is 12.6. The van der Waals surface area contributed by atoms with Gasteiger partial charge in [0.25, 0.3) is 0 Å². The summed E-state index contributed by atoms with van der Waals surface area (Å²) >= 11 is 5.77. The second-order valence-electron chi connectivity index (χ2n) is 4.38. The molecule has 4 heteroatoms. The number of aliphatic hydroxyl groups is 1. The third-order valence-electron chi connectivity index (χ3n) is 2.72. The first kappa shape index (κ1) is 14.0. The molecule has 1 aromatic carbocycles. The molecule has 0 aliphatic carbocycles. The molecule has 1 atom stereocenters. The summed E-state index contributed by atoms with van der Waals surface area (Å²) in [6.45, 7) is 4.18. The zero-order chi connectivity index (χ0) is 12.8. The van der Waals surface area contributed by atoms with E-state index in [0.717, 1.165) is 5.56 Å². The standard InChI is InChI=1S/C13H18ClNO2/c1-9(2)12(8-16)13(17)15-7-10-3-5-11(14)6-4-10/h3-6,9,12,16H,7-8H2,1-2H3,(H,15,17). The topological polar surface area (TPSA) is 49.3 Å². The first-order valence-electron chi connectivity index (χ1n) is 5.67. The number of carbonyl (C=O) groups excluding carboxylic acids is 1. The van der Waals surface area contributed by atoms with Gasteiger partial charge in [0.05, 0.1) is 12.5 Å². The molecule has 1 aromatic rings. The highest BCUT2D eigenvalue weighted by Gasteiger charge is 2.20. The summed E-state index contributed by atoms with van der Waals surface area (Å²) in [5.74, 6) is -0.329. The molecule has 0 aliphatic rings. The summed E-state index contributed by atoms with van der Waals surface area (Å²) in [6, 6.07) is 7.31. The quantitative estimate of drug-likeness (QED) is 0.848. The van der Waals surface area contributed by atoms with Gasteiger partial charge in [-0.2, -0.15) is 0 Å². The van der Waals surface area contributed by atoms with Crippen LogP contribution in [0.5, 0.6) is 0 Å². The average molecular weight is 256 g/mol. The van der Waals surface area contributed by atoms with Gasteiger partial charge in [-0.3, -0.25) is 4.79 Å². The molecule has 0 saturated heterocycles. The van der Waals surface area contributed by atoms with E-state index >= 15 is 0 Å². The number of hydrogen-bond acceptors (Lipinski definition) is 2. The van der Waals surface area contributed by atoms with E-state index in [1.165, 1.54) is 0 Å². The average Bonchev–Trinajstić information content (AvgIpc) is 2.28. The summed E-state index contributed by atoms with van der Waals surface area (Å²) in [5.41, 5.74) is 0.989. The molecule has 0 spiro atoms. The summed E-state index contributed by atoms with van der Waals surface area (Å²) in [6.07, 6.45) is 0. The third-order valence-corrected chi connectivity index (χ3v) is 2.97. The van der Waals surface area contributed by atoms with Gasteiger partial charge in [-0.1, -0.05) is 37.6 Å². The van der Waals surface area contributed by atoms with Crippen LogP contribution >= 0.6 is 11.6 Å². The van der Waals surface area contributed by atoms with Gasteiger partial charge in [-0.15, -0.1) is 0 Å². The van der Waals surface area contributed by atoms with Gasteiger partial charge in [0, 0.05) is 11.6 Å². The molecule has 0 radical (unpaired) electrons. The van der Waals surface area contributed by atoms with Crippen molar-refractivity contribution in [1.29, 1.82) is 0 Å². The molecule has 0 heterocycles. The van der Waals surface area contributed by atoms with E-state index in [1.807, 2.05) is 26.0 Å². The Balaban J connectivity index is 2.50. The monoisotopic (exact) mass is 255 g/mol. The van der Waals surface area contributed by atoms with Crippen molar-refractivity contribution < 1.29 is 9.90 Å². The summed E-state index contributed by atoms with van der Waals surface area (Å²) < 4.78 is 0. The Morgan fingerprint density at radius 2 is 1.94 bits per heavy atom. The van der Waals surface area contributed by atoms with Crippen LogP contribution in [0.2, 0.25) is 5.02 Å². The zero-order valence-electron chi connectivity index (χ0n) is 10.1. The lowest BCUT2D eigenvalue weighted by atomic mass is 9.96. The molecule has 1 unspecified atom stereocenters. The van der Waals surface area contributed by atoms with Crippen LogP contribution in [0.15, 0.2) is 24.3 Å². The van der Waals surface area contributed by atoms with Gasteiger partial charge in [0.1, 0.15) is 0 Å². The zero-order valence-corrected chi connectivity index (χ0v) is 10.9. The van der Waals surface area contributed by atoms with E-state index in [0.29, 0.717) is 11.6 Å². The maximum atomic E-state index is 11.8. The van der Waals surface area contributed by atoms with Crippen LogP contribution in [-0.4, -0.2) is 17.6 Å². The van der Waals surface area contributed by atoms with Crippen LogP contribution in [0.25, 0.3) is 0 Å². The first-order chi connectivity index (χ1) is 8.04. The number of benzene rings is 1. The summed E-state index contributed by atoms with van der Waals surface area (Å²) in [7, 11) is 0. The molecule has 1 amide bonds. The molecular formula is C13H18ClNO2. The summed E-state index contributed by atoms with van der Waals surface area (Å²) in [4.78, 5) is 11.8. The Bertz CT molecular complexity index is 362. The van der Waals surface area contributed by atoms with E-state index in [9.17, 15) is 4.79 Å². The maximum absolute atomic E-state index is 11.8. The highest BCUT2D eigenvalue weighted by atomic mass is 35.5. The van der Waals surface area contributed by atoms with Gasteiger partial charge in [-0.25, -0.2) is 0 Å². The van der Waals surface area contributed by atoms with Gasteiger partial charge in [0.2, 0.25) is 5.91 Å². The number of rotatable bonds is 5. The van der Waals surface area contributed by atoms with E-state index in [4.69, 9.17) is 16.7 Å². The Labute approximate surface area is 107 Å². The molecule has 3 nitrogen and oxygen atoms in total. The van der Waals surface area contributed by atoms with Gasteiger partial charge < -0.3 is 10.4 Å². The Hall–Kier alpha value is -1.06. The number of halogens is 1. The highest BCUT2D eigenvalue weighted by molar-refractivity contribution is 6.30. The van der Waals surface area contributed by atoms with E-state index in [1.54, 1.807) is 12.1 Å². The van der Waals surface area contributed by atoms with Crippen molar-refractivity contribution in [2.45, 2.75) is 20.4 Å². The van der Waals surface area contributed by atoms with Crippen LogP contribution in [0.3, 0.4) is 0 Å². The van der Waals surface area contributed by atoms with Gasteiger partial charge in [-0.05, 0) is 23.6 Å². The van der Waals surface area contributed by atoms with E-state index < -0.39 is 0 Å². The minimum Gasteiger partial charge on any atom is -0.396 e. The third kappa shape index (κ3) is 4.36. The first-order valence-corrected chi connectivity index (χ1v) is 6.05. The number of aliphatic hydroxyl groups excluding tert-OH is 1. The fraction of sp³-hybridized carbons (Fsp3) is 0.462. The lowest BCUT2D eigenvalue weighted by Crippen LogP contribution is -2.35. The van der Waals surface area contributed by atoms with Crippen molar-refractivity contribution in [2.24, 2.45) is 11.8 Å². The van der Waals surface area contributed by atoms with Crippen molar-refractivity contribution in [2.75, 3.05) is 6.61 Å². The molecule has 0 fully saturated rings. The van der Waals surface area contributed by atoms with E-state index in [-0.39, 0.29) is 24.3 Å². The minimum atomic E-state index is -0.345. The molecule has 1 rings (SSSR count). The molecule has 0 bridgehead atoms. The SMILES string of the molecule is CC(C)C(CO)C(=O)NCc1ccc(Cl)cc1. The predicted octanol–water partition coefficient (Wildman–Crippen LogP) is 2.22. The number of nitrogens with one attached hydrogen (secondary N) is 1. The normalized spacial score (nSPS) is 12.5. The Morgan fingerprint density at radius 3 is 2.41 bits per heavy atom. The molecule has 0 saturated carbocycles. The van der Waals surface area contributed by atoms with Crippen molar-refractivity contribution in [3.8, 4) is 0 Å². The maximum Gasteiger partial charge on any atom is 0.225 e. The van der Waals surface area contributed by atoms with Gasteiger partial charge in [0.15, 0.2) is 0 Å². The number of amides is 1. The Kier molecular flexibility index (Phi) is 5.45. The molecule has 17 heavy (non-hydrogen) atoms. The largest absolute Gasteiger partial charge is 0.396 e. The van der Waals surface area contributed by atoms with Crippen LogP contribution in [-0.2, 0) is 11.3 Å². The molecule has 94 valence electrons. The van der Waals surface area contributed by atoms with E-state index in [2.05, 4.69) is 5.32 Å². The second-order valence-corrected chi connectivity index (χ2v) is 4.81. The smallest absolute Gasteiger partial charge is 0.225 e. The fourth-order valence-corrected chi connectivity index (χ4v) is 1.64. The van der Waals surface area contributed by atoms with Crippen molar-refractivity contribution in [1.82, 2.24) is 5.32 Å². The van der Waals surface area contributed by atoms with Crippen LogP contribution in [0.1, 0.15) is 19.4 Å². The molecule has 0 aliphatic heterocycles. The highest BCUT2D eigenvalue weighted by Crippen LogP contribution is 2.12. The van der Waals surface area contributed by atoms with Crippen LogP contribution in [0.4, 0.5) is 0 Å². The van der Waals surface area contributed by atoms with Crippen LogP contribution in [0, 0.1) is 11.8 Å². The fourth-order valence-electron chi connectivity index (χ4n) is 1.52. The van der Waals surface area contributed by atoms with Crippen molar-refractivity contribution >= 4 is 17.5 Å². The van der Waals surface area contributed by atoms with Crippen molar-refractivity contribution in [3.05, 3.63) is 34.9 Å². The number of carbonyl (C=O) groups is 1. The lowest BCUT2D eigenvalue weighted by molar-refractivity contribution is -0.127. The second kappa shape index (κ2) is 6.62. The number of hydrogen-bond donors (Lipinski definition) is 2. The minimum absolute atomic E-state index is 0.113. The molecule has 2 N–H and O–H groups in total. The lowest BCUT2D eigenvalue weighted by Gasteiger charge is -2.17. The molecular weight excluding hydrogens is 238 g/mol. The van der Waals surface area contributed by atoms with Crippen molar-refractivity contribution in [3.63, 3.8) is 0 Å².